The van der Waals surface area contributed by atoms with Gasteiger partial charge in [0.05, 0.1) is 17.7 Å². The van der Waals surface area contributed by atoms with E-state index in [1.165, 1.54) is 0 Å². The van der Waals surface area contributed by atoms with Crippen molar-refractivity contribution in [3.05, 3.63) is 34.9 Å². The molecule has 0 spiro atoms. The number of hydrogen-bond acceptors (Lipinski definition) is 3. The molecular weight excluding hydrogens is 438 g/mol. The van der Waals surface area contributed by atoms with Crippen LogP contribution in [0.25, 0.3) is 0 Å². The quantitative estimate of drug-likeness (QED) is 0.566. The van der Waals surface area contributed by atoms with Crippen LogP contribution in [0.1, 0.15) is 67.9 Å². The maximum atomic E-state index is 13.0. The number of ketones is 1. The first-order valence-electron chi connectivity index (χ1n) is 10.4. The van der Waals surface area contributed by atoms with Gasteiger partial charge in [-0.25, -0.2) is 0 Å². The lowest BCUT2D eigenvalue weighted by molar-refractivity contribution is -0.143. The van der Waals surface area contributed by atoms with Crippen LogP contribution in [0.2, 0.25) is 0 Å². The standard InChI is InChI=1S/C22H28F6N2O2/c1-20(2,3)18(31)12-29-17-6-4-13(5-7-17)11-30-19(32)14-8-15(21(23,24)25)10-16(9-14)22(26,27)28/h8-10,13,17,29H,4-7,11-12H2,1-3H3,(H,30,32)/t13-,17-. The van der Waals surface area contributed by atoms with Crippen molar-refractivity contribution in [2.24, 2.45) is 11.3 Å². The van der Waals surface area contributed by atoms with Gasteiger partial charge in [-0.05, 0) is 49.8 Å². The maximum Gasteiger partial charge on any atom is 0.416 e. The molecule has 1 aromatic carbocycles. The number of carbonyl (C=O) groups is 2. The van der Waals surface area contributed by atoms with Gasteiger partial charge in [-0.2, -0.15) is 26.3 Å². The van der Waals surface area contributed by atoms with Gasteiger partial charge in [0.15, 0.2) is 5.78 Å². The molecule has 0 saturated heterocycles. The number of nitrogens with one attached hydrogen (secondary N) is 2. The van der Waals surface area contributed by atoms with Gasteiger partial charge in [-0.1, -0.05) is 20.8 Å². The second kappa shape index (κ2) is 9.80. The number of amides is 1. The number of rotatable bonds is 6. The van der Waals surface area contributed by atoms with Gasteiger partial charge in [0.2, 0.25) is 0 Å². The number of benzene rings is 1. The van der Waals surface area contributed by atoms with Crippen LogP contribution in [-0.2, 0) is 17.1 Å². The van der Waals surface area contributed by atoms with Crippen molar-refractivity contribution < 1.29 is 35.9 Å². The average Bonchev–Trinajstić information content (AvgIpc) is 2.68. The van der Waals surface area contributed by atoms with Crippen LogP contribution in [0.5, 0.6) is 0 Å². The van der Waals surface area contributed by atoms with Crippen molar-refractivity contribution in [3.8, 4) is 0 Å². The third kappa shape index (κ3) is 7.50. The fraction of sp³-hybridized carbons (Fsp3) is 0.636. The summed E-state index contributed by atoms with van der Waals surface area (Å²) >= 11 is 0. The Morgan fingerprint density at radius 3 is 1.81 bits per heavy atom. The number of halogens is 6. The van der Waals surface area contributed by atoms with Crippen LogP contribution in [0, 0.1) is 11.3 Å². The lowest BCUT2D eigenvalue weighted by atomic mass is 9.85. The minimum absolute atomic E-state index is 0.00450. The Morgan fingerprint density at radius 2 is 1.38 bits per heavy atom. The van der Waals surface area contributed by atoms with Crippen LogP contribution >= 0.6 is 0 Å². The van der Waals surface area contributed by atoms with Gasteiger partial charge in [0.1, 0.15) is 0 Å². The molecule has 0 aromatic heterocycles. The smallest absolute Gasteiger partial charge is 0.352 e. The molecular formula is C22H28F6N2O2. The number of alkyl halides is 6. The highest BCUT2D eigenvalue weighted by Crippen LogP contribution is 2.36. The molecule has 1 saturated carbocycles. The first-order chi connectivity index (χ1) is 14.6. The Bertz CT molecular complexity index is 787. The van der Waals surface area contributed by atoms with Gasteiger partial charge < -0.3 is 10.6 Å². The Morgan fingerprint density at radius 1 is 0.875 bits per heavy atom. The summed E-state index contributed by atoms with van der Waals surface area (Å²) in [5.41, 5.74) is -4.14. The highest BCUT2D eigenvalue weighted by Gasteiger charge is 2.37. The molecule has 10 heteroatoms. The molecule has 0 unspecified atom stereocenters. The van der Waals surface area contributed by atoms with E-state index < -0.39 is 40.4 Å². The fourth-order valence-electron chi connectivity index (χ4n) is 3.50. The van der Waals surface area contributed by atoms with Crippen molar-refractivity contribution in [2.75, 3.05) is 13.1 Å². The molecule has 180 valence electrons. The Labute approximate surface area is 183 Å². The van der Waals surface area contributed by atoms with Crippen molar-refractivity contribution in [1.82, 2.24) is 10.6 Å². The fourth-order valence-corrected chi connectivity index (χ4v) is 3.50. The molecule has 1 fully saturated rings. The number of carbonyl (C=O) groups excluding carboxylic acids is 2. The summed E-state index contributed by atoms with van der Waals surface area (Å²) in [4.78, 5) is 24.3. The molecule has 2 rings (SSSR count). The zero-order chi connectivity index (χ0) is 24.3. The molecule has 0 aliphatic heterocycles. The molecule has 0 atom stereocenters. The second-order valence-corrected chi connectivity index (χ2v) is 9.28. The largest absolute Gasteiger partial charge is 0.416 e. The minimum Gasteiger partial charge on any atom is -0.352 e. The zero-order valence-electron chi connectivity index (χ0n) is 18.2. The Balaban J connectivity index is 1.92. The van der Waals surface area contributed by atoms with Crippen molar-refractivity contribution in [1.29, 1.82) is 0 Å². The van der Waals surface area contributed by atoms with Gasteiger partial charge in [0, 0.05) is 23.6 Å². The highest BCUT2D eigenvalue weighted by atomic mass is 19.4. The third-order valence-electron chi connectivity index (χ3n) is 5.64. The molecule has 4 nitrogen and oxygen atoms in total. The van der Waals surface area contributed by atoms with E-state index in [9.17, 15) is 35.9 Å². The van der Waals surface area contributed by atoms with E-state index in [4.69, 9.17) is 0 Å². The van der Waals surface area contributed by atoms with Crippen molar-refractivity contribution >= 4 is 11.7 Å². The van der Waals surface area contributed by atoms with Gasteiger partial charge in [-0.15, -0.1) is 0 Å². The molecule has 32 heavy (non-hydrogen) atoms. The van der Waals surface area contributed by atoms with Gasteiger partial charge in [-0.3, -0.25) is 9.59 Å². The predicted molar refractivity (Wildman–Crippen MR) is 107 cm³/mol. The van der Waals surface area contributed by atoms with Crippen LogP contribution in [0.4, 0.5) is 26.3 Å². The molecule has 0 bridgehead atoms. The molecule has 1 aromatic rings. The molecule has 2 N–H and O–H groups in total. The average molecular weight is 466 g/mol. The van der Waals surface area contributed by atoms with Crippen LogP contribution < -0.4 is 10.6 Å². The summed E-state index contributed by atoms with van der Waals surface area (Å²) in [6, 6.07) is 1.01. The maximum absolute atomic E-state index is 13.0. The lowest BCUT2D eigenvalue weighted by Crippen LogP contribution is -2.41. The zero-order valence-corrected chi connectivity index (χ0v) is 18.2. The summed E-state index contributed by atoms with van der Waals surface area (Å²) in [6.07, 6.45) is -7.04. The summed E-state index contributed by atoms with van der Waals surface area (Å²) < 4.78 is 77.8. The highest BCUT2D eigenvalue weighted by molar-refractivity contribution is 5.94. The van der Waals surface area contributed by atoms with Crippen LogP contribution in [0.3, 0.4) is 0 Å². The van der Waals surface area contributed by atoms with E-state index >= 15 is 0 Å². The van der Waals surface area contributed by atoms with Gasteiger partial charge >= 0.3 is 12.4 Å². The van der Waals surface area contributed by atoms with Crippen molar-refractivity contribution in [3.63, 3.8) is 0 Å². The molecule has 1 amide bonds. The number of Topliss-reactive ketones (excluding diaryl/α,β-unsaturated/α-hetero) is 1. The summed E-state index contributed by atoms with van der Waals surface area (Å²) in [6.45, 7) is 5.96. The van der Waals surface area contributed by atoms with E-state index in [0.29, 0.717) is 12.1 Å². The molecule has 0 heterocycles. The van der Waals surface area contributed by atoms with Crippen molar-refractivity contribution in [2.45, 2.75) is 64.8 Å². The third-order valence-corrected chi connectivity index (χ3v) is 5.64. The summed E-state index contributed by atoms with van der Waals surface area (Å²) in [7, 11) is 0. The van der Waals surface area contributed by atoms with Crippen LogP contribution in [-0.4, -0.2) is 30.8 Å². The second-order valence-electron chi connectivity index (χ2n) is 9.28. The number of hydrogen-bond donors (Lipinski definition) is 2. The SMILES string of the molecule is CC(C)(C)C(=O)CN[C@H]1CC[C@H](CNC(=O)c2cc(C(F)(F)F)cc(C(F)(F)F)c2)CC1. The van der Waals surface area contributed by atoms with E-state index in [2.05, 4.69) is 10.6 Å². The predicted octanol–water partition coefficient (Wildman–Crippen LogP) is 5.22. The summed E-state index contributed by atoms with van der Waals surface area (Å²) in [5.74, 6) is -0.813. The molecule has 1 aliphatic carbocycles. The monoisotopic (exact) mass is 466 g/mol. The Hall–Kier alpha value is -2.10. The molecule has 1 aliphatic rings. The first kappa shape index (κ1) is 26.2. The van der Waals surface area contributed by atoms with Crippen LogP contribution in [0.15, 0.2) is 18.2 Å². The lowest BCUT2D eigenvalue weighted by Gasteiger charge is -2.30. The van der Waals surface area contributed by atoms with E-state index in [0.717, 1.165) is 25.7 Å². The molecule has 0 radical (unpaired) electrons. The minimum atomic E-state index is -5.00. The Kier molecular flexibility index (Phi) is 8.01. The van der Waals surface area contributed by atoms with Gasteiger partial charge in [0.25, 0.3) is 5.91 Å². The van der Waals surface area contributed by atoms with E-state index in [-0.39, 0.29) is 36.9 Å². The topological polar surface area (TPSA) is 58.2 Å². The first-order valence-corrected chi connectivity index (χ1v) is 10.4. The van der Waals surface area contributed by atoms with E-state index in [1.54, 1.807) is 0 Å². The summed E-state index contributed by atoms with van der Waals surface area (Å²) in [5, 5.41) is 5.69. The van der Waals surface area contributed by atoms with E-state index in [1.807, 2.05) is 20.8 Å². The normalized spacial score (nSPS) is 20.2.